The van der Waals surface area contributed by atoms with Gasteiger partial charge in [-0.1, -0.05) is 6.92 Å². The molecule has 1 heterocycles. The second kappa shape index (κ2) is 4.74. The van der Waals surface area contributed by atoms with E-state index in [2.05, 4.69) is 11.9 Å². The molecule has 0 aliphatic rings. The summed E-state index contributed by atoms with van der Waals surface area (Å²) in [5.74, 6) is 0.0532. The topological polar surface area (TPSA) is 33.2 Å². The monoisotopic (exact) mass is 192 g/mol. The van der Waals surface area contributed by atoms with Gasteiger partial charge in [0, 0.05) is 26.0 Å². The van der Waals surface area contributed by atoms with Crippen molar-refractivity contribution in [2.75, 3.05) is 13.6 Å². The minimum atomic E-state index is 0.0532. The van der Waals surface area contributed by atoms with Crippen LogP contribution in [0, 0.1) is 6.92 Å². The van der Waals surface area contributed by atoms with Crippen LogP contribution in [0.25, 0.3) is 0 Å². The van der Waals surface area contributed by atoms with Gasteiger partial charge in [-0.15, -0.1) is 0 Å². The van der Waals surface area contributed by atoms with Crippen LogP contribution in [0.3, 0.4) is 0 Å². The molecule has 0 spiro atoms. The van der Waals surface area contributed by atoms with E-state index in [0.29, 0.717) is 5.56 Å². The molecule has 1 amide bonds. The number of pyridine rings is 1. The summed E-state index contributed by atoms with van der Waals surface area (Å²) in [5, 5.41) is 0. The molecule has 1 aromatic rings. The zero-order valence-electron chi connectivity index (χ0n) is 8.95. The SMILES string of the molecule is CCCN(C)C(=O)c1cnccc1C. The van der Waals surface area contributed by atoms with Crippen LogP contribution in [0.15, 0.2) is 18.5 Å². The Morgan fingerprint density at radius 3 is 2.86 bits per heavy atom. The minimum Gasteiger partial charge on any atom is -0.342 e. The molecule has 0 atom stereocenters. The van der Waals surface area contributed by atoms with Crippen LogP contribution >= 0.6 is 0 Å². The number of aryl methyl sites for hydroxylation is 1. The highest BCUT2D eigenvalue weighted by molar-refractivity contribution is 5.95. The fraction of sp³-hybridized carbons (Fsp3) is 0.455. The molecule has 3 nitrogen and oxygen atoms in total. The number of carbonyl (C=O) groups excluding carboxylic acids is 1. The molecule has 0 aromatic carbocycles. The number of amides is 1. The molecule has 1 aromatic heterocycles. The molecule has 0 saturated heterocycles. The highest BCUT2D eigenvalue weighted by Gasteiger charge is 2.12. The van der Waals surface area contributed by atoms with Crippen LogP contribution in [0.4, 0.5) is 0 Å². The van der Waals surface area contributed by atoms with Gasteiger partial charge in [0.2, 0.25) is 0 Å². The van der Waals surface area contributed by atoms with E-state index in [0.717, 1.165) is 18.5 Å². The summed E-state index contributed by atoms with van der Waals surface area (Å²) in [4.78, 5) is 17.5. The van der Waals surface area contributed by atoms with E-state index in [-0.39, 0.29) is 5.91 Å². The van der Waals surface area contributed by atoms with E-state index in [9.17, 15) is 4.79 Å². The first-order valence-electron chi connectivity index (χ1n) is 4.83. The van der Waals surface area contributed by atoms with Gasteiger partial charge in [-0.2, -0.15) is 0 Å². The summed E-state index contributed by atoms with van der Waals surface area (Å²) < 4.78 is 0. The summed E-state index contributed by atoms with van der Waals surface area (Å²) in [6.45, 7) is 4.77. The molecule has 0 aliphatic heterocycles. The average Bonchev–Trinajstić information content (AvgIpc) is 2.18. The van der Waals surface area contributed by atoms with Crippen LogP contribution in [-0.2, 0) is 0 Å². The first-order valence-corrected chi connectivity index (χ1v) is 4.83. The smallest absolute Gasteiger partial charge is 0.255 e. The Morgan fingerprint density at radius 1 is 1.57 bits per heavy atom. The lowest BCUT2D eigenvalue weighted by Gasteiger charge is -2.16. The van der Waals surface area contributed by atoms with E-state index >= 15 is 0 Å². The quantitative estimate of drug-likeness (QED) is 0.732. The van der Waals surface area contributed by atoms with Gasteiger partial charge in [0.1, 0.15) is 0 Å². The molecule has 0 unspecified atom stereocenters. The number of carbonyl (C=O) groups is 1. The van der Waals surface area contributed by atoms with Crippen molar-refractivity contribution in [1.29, 1.82) is 0 Å². The summed E-state index contributed by atoms with van der Waals surface area (Å²) >= 11 is 0. The van der Waals surface area contributed by atoms with Gasteiger partial charge in [0.15, 0.2) is 0 Å². The molecule has 0 radical (unpaired) electrons. The summed E-state index contributed by atoms with van der Waals surface area (Å²) in [5.41, 5.74) is 1.68. The van der Waals surface area contributed by atoms with Crippen LogP contribution in [-0.4, -0.2) is 29.4 Å². The van der Waals surface area contributed by atoms with Crippen molar-refractivity contribution in [2.45, 2.75) is 20.3 Å². The van der Waals surface area contributed by atoms with Crippen LogP contribution < -0.4 is 0 Å². The molecule has 3 heteroatoms. The van der Waals surface area contributed by atoms with E-state index in [4.69, 9.17) is 0 Å². The van der Waals surface area contributed by atoms with Gasteiger partial charge in [-0.25, -0.2) is 0 Å². The Bertz CT molecular complexity index is 323. The van der Waals surface area contributed by atoms with Crippen LogP contribution in [0.1, 0.15) is 29.3 Å². The molecule has 0 bridgehead atoms. The molecule has 0 saturated carbocycles. The summed E-state index contributed by atoms with van der Waals surface area (Å²) in [6, 6.07) is 1.85. The van der Waals surface area contributed by atoms with E-state index in [1.165, 1.54) is 0 Å². The molecule has 0 N–H and O–H groups in total. The maximum absolute atomic E-state index is 11.8. The van der Waals surface area contributed by atoms with Gasteiger partial charge >= 0.3 is 0 Å². The van der Waals surface area contributed by atoms with Gasteiger partial charge in [0.25, 0.3) is 5.91 Å². The molecular formula is C11H16N2O. The van der Waals surface area contributed by atoms with Crippen molar-refractivity contribution in [3.63, 3.8) is 0 Å². The van der Waals surface area contributed by atoms with E-state index in [1.54, 1.807) is 17.3 Å². The van der Waals surface area contributed by atoms with Gasteiger partial charge in [-0.05, 0) is 25.0 Å². The molecule has 1 rings (SSSR count). The van der Waals surface area contributed by atoms with Crippen molar-refractivity contribution >= 4 is 5.91 Å². The maximum atomic E-state index is 11.8. The van der Waals surface area contributed by atoms with Crippen LogP contribution in [0.2, 0.25) is 0 Å². The van der Waals surface area contributed by atoms with Crippen LogP contribution in [0.5, 0.6) is 0 Å². The fourth-order valence-corrected chi connectivity index (χ4v) is 1.33. The van der Waals surface area contributed by atoms with Gasteiger partial charge in [-0.3, -0.25) is 9.78 Å². The minimum absolute atomic E-state index is 0.0532. The first-order chi connectivity index (χ1) is 6.66. The zero-order valence-corrected chi connectivity index (χ0v) is 8.95. The van der Waals surface area contributed by atoms with Crippen molar-refractivity contribution in [2.24, 2.45) is 0 Å². The lowest BCUT2D eigenvalue weighted by Crippen LogP contribution is -2.28. The number of hydrogen-bond acceptors (Lipinski definition) is 2. The third-order valence-electron chi connectivity index (χ3n) is 2.18. The lowest BCUT2D eigenvalue weighted by atomic mass is 10.1. The third-order valence-corrected chi connectivity index (χ3v) is 2.18. The Labute approximate surface area is 84.8 Å². The molecule has 0 aliphatic carbocycles. The van der Waals surface area contributed by atoms with Crippen molar-refractivity contribution in [3.8, 4) is 0 Å². The second-order valence-corrected chi connectivity index (χ2v) is 3.42. The zero-order chi connectivity index (χ0) is 10.6. The Kier molecular flexibility index (Phi) is 3.63. The standard InChI is InChI=1S/C11H16N2O/c1-4-7-13(3)11(14)10-8-12-6-5-9(10)2/h5-6,8H,4,7H2,1-3H3. The lowest BCUT2D eigenvalue weighted by molar-refractivity contribution is 0.0794. The van der Waals surface area contributed by atoms with Crippen molar-refractivity contribution in [1.82, 2.24) is 9.88 Å². The Morgan fingerprint density at radius 2 is 2.29 bits per heavy atom. The van der Waals surface area contributed by atoms with Gasteiger partial charge in [0.05, 0.1) is 5.56 Å². The van der Waals surface area contributed by atoms with Crippen molar-refractivity contribution < 1.29 is 4.79 Å². The number of aromatic nitrogens is 1. The molecule has 0 fully saturated rings. The van der Waals surface area contributed by atoms with Gasteiger partial charge < -0.3 is 4.90 Å². The predicted octanol–water partition coefficient (Wildman–Crippen LogP) is 1.87. The third kappa shape index (κ3) is 2.31. The normalized spacial score (nSPS) is 9.93. The molecule has 14 heavy (non-hydrogen) atoms. The van der Waals surface area contributed by atoms with E-state index < -0.39 is 0 Å². The first kappa shape index (κ1) is 10.7. The number of hydrogen-bond donors (Lipinski definition) is 0. The number of nitrogens with zero attached hydrogens (tertiary/aromatic N) is 2. The summed E-state index contributed by atoms with van der Waals surface area (Å²) in [7, 11) is 1.82. The highest BCUT2D eigenvalue weighted by atomic mass is 16.2. The highest BCUT2D eigenvalue weighted by Crippen LogP contribution is 2.07. The maximum Gasteiger partial charge on any atom is 0.255 e. The fourth-order valence-electron chi connectivity index (χ4n) is 1.33. The predicted molar refractivity (Wildman–Crippen MR) is 56.2 cm³/mol. The Hall–Kier alpha value is -1.38. The summed E-state index contributed by atoms with van der Waals surface area (Å²) in [6.07, 6.45) is 4.30. The molecular weight excluding hydrogens is 176 g/mol. The Balaban J connectivity index is 2.84. The van der Waals surface area contributed by atoms with E-state index in [1.807, 2.05) is 20.0 Å². The second-order valence-electron chi connectivity index (χ2n) is 3.42. The number of rotatable bonds is 3. The molecule has 76 valence electrons. The average molecular weight is 192 g/mol. The van der Waals surface area contributed by atoms with Crippen molar-refractivity contribution in [3.05, 3.63) is 29.6 Å². The largest absolute Gasteiger partial charge is 0.342 e.